The zero-order chi connectivity index (χ0) is 14.3. The van der Waals surface area contributed by atoms with Crippen molar-refractivity contribution in [1.82, 2.24) is 9.97 Å². The Morgan fingerprint density at radius 1 is 1.05 bits per heavy atom. The Morgan fingerprint density at radius 2 is 1.85 bits per heavy atom. The summed E-state index contributed by atoms with van der Waals surface area (Å²) >= 11 is 7.91. The number of thiophene rings is 1. The van der Waals surface area contributed by atoms with Crippen molar-refractivity contribution in [3.05, 3.63) is 56.8 Å². The smallest absolute Gasteiger partial charge is 0.141 e. The fourth-order valence-electron chi connectivity index (χ4n) is 2.22. The highest BCUT2D eigenvalue weighted by Crippen LogP contribution is 2.28. The topological polar surface area (TPSA) is 25.8 Å². The molecule has 0 saturated carbocycles. The van der Waals surface area contributed by atoms with Crippen molar-refractivity contribution in [1.29, 1.82) is 0 Å². The molecule has 2 nitrogen and oxygen atoms in total. The number of benzene rings is 1. The van der Waals surface area contributed by atoms with Crippen LogP contribution < -0.4 is 0 Å². The summed E-state index contributed by atoms with van der Waals surface area (Å²) in [6.45, 7) is 6.30. The molecule has 0 bridgehead atoms. The molecule has 20 heavy (non-hydrogen) atoms. The molecule has 2 aromatic heterocycles. The highest BCUT2D eigenvalue weighted by atomic mass is 35.5. The first kappa shape index (κ1) is 13.5. The Kier molecular flexibility index (Phi) is 3.48. The number of aromatic nitrogens is 2. The molecule has 0 N–H and O–H groups in total. The number of aryl methyl sites for hydroxylation is 3. The van der Waals surface area contributed by atoms with Crippen LogP contribution >= 0.6 is 22.9 Å². The molecule has 1 aromatic carbocycles. The van der Waals surface area contributed by atoms with Crippen molar-refractivity contribution in [3.63, 3.8) is 0 Å². The second-order valence-electron chi connectivity index (χ2n) is 5.10. The number of nitrogens with zero attached hydrogens (tertiary/aromatic N) is 2. The standard InChI is InChI=1S/C16H15ClN2S/c1-9-4-5-12(6-10(9)2)8-14-18-15(17)13-7-11(3)20-16(13)19-14/h4-7H,8H2,1-3H3. The SMILES string of the molecule is Cc1cc2c(Cl)nc(Cc3ccc(C)c(C)c3)nc2s1. The van der Waals surface area contributed by atoms with Crippen LogP contribution in [0.3, 0.4) is 0 Å². The van der Waals surface area contributed by atoms with E-state index >= 15 is 0 Å². The predicted octanol–water partition coefficient (Wildman–Crippen LogP) is 4.86. The van der Waals surface area contributed by atoms with Gasteiger partial charge in [0.25, 0.3) is 0 Å². The largest absolute Gasteiger partial charge is 0.222 e. The highest BCUT2D eigenvalue weighted by Gasteiger charge is 2.09. The number of rotatable bonds is 2. The lowest BCUT2D eigenvalue weighted by Crippen LogP contribution is -1.97. The van der Waals surface area contributed by atoms with Gasteiger partial charge < -0.3 is 0 Å². The van der Waals surface area contributed by atoms with Crippen LogP contribution in [0.2, 0.25) is 5.15 Å². The van der Waals surface area contributed by atoms with Gasteiger partial charge in [-0.05, 0) is 43.5 Å². The normalized spacial score (nSPS) is 11.2. The van der Waals surface area contributed by atoms with Crippen molar-refractivity contribution in [2.75, 3.05) is 0 Å². The maximum atomic E-state index is 6.25. The maximum absolute atomic E-state index is 6.25. The molecule has 0 atom stereocenters. The van der Waals surface area contributed by atoms with Crippen molar-refractivity contribution >= 4 is 33.2 Å². The fourth-order valence-corrected chi connectivity index (χ4v) is 3.42. The number of hydrogen-bond acceptors (Lipinski definition) is 3. The molecular weight excluding hydrogens is 288 g/mol. The van der Waals surface area contributed by atoms with Crippen molar-refractivity contribution in [2.45, 2.75) is 27.2 Å². The lowest BCUT2D eigenvalue weighted by atomic mass is 10.0. The van der Waals surface area contributed by atoms with E-state index in [1.807, 2.05) is 6.07 Å². The van der Waals surface area contributed by atoms with Crippen LogP contribution in [-0.4, -0.2) is 9.97 Å². The first-order valence-electron chi connectivity index (χ1n) is 6.51. The zero-order valence-corrected chi connectivity index (χ0v) is 13.3. The van der Waals surface area contributed by atoms with E-state index in [9.17, 15) is 0 Å². The fraction of sp³-hybridized carbons (Fsp3) is 0.250. The van der Waals surface area contributed by atoms with Gasteiger partial charge in [-0.1, -0.05) is 29.8 Å². The lowest BCUT2D eigenvalue weighted by Gasteiger charge is -2.05. The van der Waals surface area contributed by atoms with Crippen LogP contribution in [0, 0.1) is 20.8 Å². The zero-order valence-electron chi connectivity index (χ0n) is 11.7. The summed E-state index contributed by atoms with van der Waals surface area (Å²) < 4.78 is 0. The minimum atomic E-state index is 0.554. The minimum Gasteiger partial charge on any atom is -0.222 e. The summed E-state index contributed by atoms with van der Waals surface area (Å²) in [5.74, 6) is 0.785. The molecule has 0 amide bonds. The average molecular weight is 303 g/mol. The third-order valence-corrected chi connectivity index (χ3v) is 4.68. The quantitative estimate of drug-likeness (QED) is 0.632. The Labute approximate surface area is 127 Å². The second-order valence-corrected chi connectivity index (χ2v) is 6.69. The van der Waals surface area contributed by atoms with E-state index in [0.717, 1.165) is 16.0 Å². The summed E-state index contributed by atoms with van der Waals surface area (Å²) in [6, 6.07) is 8.50. The molecule has 0 aliphatic rings. The number of fused-ring (bicyclic) bond motifs is 1. The van der Waals surface area contributed by atoms with E-state index in [0.29, 0.717) is 11.6 Å². The van der Waals surface area contributed by atoms with Crippen LogP contribution in [0.1, 0.15) is 27.4 Å². The second kappa shape index (κ2) is 5.15. The van der Waals surface area contributed by atoms with Gasteiger partial charge in [-0.2, -0.15) is 0 Å². The molecule has 0 fully saturated rings. The summed E-state index contributed by atoms with van der Waals surface area (Å²) in [6.07, 6.45) is 0.716. The lowest BCUT2D eigenvalue weighted by molar-refractivity contribution is 0.994. The summed E-state index contributed by atoms with van der Waals surface area (Å²) in [5.41, 5.74) is 3.82. The minimum absolute atomic E-state index is 0.554. The van der Waals surface area contributed by atoms with E-state index < -0.39 is 0 Å². The maximum Gasteiger partial charge on any atom is 0.141 e. The van der Waals surface area contributed by atoms with Gasteiger partial charge in [-0.3, -0.25) is 0 Å². The predicted molar refractivity (Wildman–Crippen MR) is 85.9 cm³/mol. The van der Waals surface area contributed by atoms with Crippen molar-refractivity contribution < 1.29 is 0 Å². The van der Waals surface area contributed by atoms with Gasteiger partial charge in [-0.25, -0.2) is 9.97 Å². The van der Waals surface area contributed by atoms with E-state index in [1.165, 1.54) is 21.6 Å². The van der Waals surface area contributed by atoms with Gasteiger partial charge in [0, 0.05) is 16.7 Å². The summed E-state index contributed by atoms with van der Waals surface area (Å²) in [4.78, 5) is 11.2. The van der Waals surface area contributed by atoms with Crippen LogP contribution in [0.15, 0.2) is 24.3 Å². The van der Waals surface area contributed by atoms with Gasteiger partial charge in [0.2, 0.25) is 0 Å². The molecule has 2 heterocycles. The van der Waals surface area contributed by atoms with Crippen LogP contribution in [0.5, 0.6) is 0 Å². The van der Waals surface area contributed by atoms with Gasteiger partial charge in [0.15, 0.2) is 0 Å². The summed E-state index contributed by atoms with van der Waals surface area (Å²) in [7, 11) is 0. The van der Waals surface area contributed by atoms with Gasteiger partial charge in [0.05, 0.1) is 0 Å². The Bertz CT molecular complexity index is 793. The molecule has 0 radical (unpaired) electrons. The number of halogens is 1. The monoisotopic (exact) mass is 302 g/mol. The Balaban J connectivity index is 1.99. The van der Waals surface area contributed by atoms with Crippen LogP contribution in [0.25, 0.3) is 10.2 Å². The third kappa shape index (κ3) is 2.56. The first-order valence-corrected chi connectivity index (χ1v) is 7.71. The van der Waals surface area contributed by atoms with Crippen molar-refractivity contribution in [3.8, 4) is 0 Å². The third-order valence-electron chi connectivity index (χ3n) is 3.45. The van der Waals surface area contributed by atoms with E-state index in [4.69, 9.17) is 11.6 Å². The van der Waals surface area contributed by atoms with Crippen LogP contribution in [-0.2, 0) is 6.42 Å². The first-order chi connectivity index (χ1) is 9.52. The molecule has 0 unspecified atom stereocenters. The molecule has 0 aliphatic heterocycles. The Hall–Kier alpha value is -1.45. The average Bonchev–Trinajstić information content (AvgIpc) is 2.75. The summed E-state index contributed by atoms with van der Waals surface area (Å²) in [5, 5.41) is 1.51. The van der Waals surface area contributed by atoms with Gasteiger partial charge in [0.1, 0.15) is 15.8 Å². The molecule has 3 rings (SSSR count). The Morgan fingerprint density at radius 3 is 2.60 bits per heavy atom. The van der Waals surface area contributed by atoms with E-state index in [1.54, 1.807) is 11.3 Å². The molecule has 0 aliphatic carbocycles. The molecule has 0 spiro atoms. The highest BCUT2D eigenvalue weighted by molar-refractivity contribution is 7.18. The molecule has 4 heteroatoms. The number of hydrogen-bond donors (Lipinski definition) is 0. The van der Waals surface area contributed by atoms with E-state index in [2.05, 4.69) is 48.9 Å². The van der Waals surface area contributed by atoms with Crippen molar-refractivity contribution in [2.24, 2.45) is 0 Å². The molecule has 102 valence electrons. The van der Waals surface area contributed by atoms with Gasteiger partial charge in [-0.15, -0.1) is 11.3 Å². The molecule has 3 aromatic rings. The molecular formula is C16H15ClN2S. The van der Waals surface area contributed by atoms with Gasteiger partial charge >= 0.3 is 0 Å². The van der Waals surface area contributed by atoms with Crippen LogP contribution in [0.4, 0.5) is 0 Å². The molecule has 0 saturated heterocycles. The van der Waals surface area contributed by atoms with E-state index in [-0.39, 0.29) is 0 Å².